The van der Waals surface area contributed by atoms with Crippen molar-refractivity contribution in [2.75, 3.05) is 0 Å². The van der Waals surface area contributed by atoms with E-state index in [2.05, 4.69) is 15.3 Å². The molecule has 5 nitrogen and oxygen atoms in total. The molecule has 2 aromatic rings. The van der Waals surface area contributed by atoms with E-state index in [4.69, 9.17) is 0 Å². The molecule has 1 N–H and O–H groups in total. The van der Waals surface area contributed by atoms with Crippen LogP contribution >= 0.6 is 0 Å². The summed E-state index contributed by atoms with van der Waals surface area (Å²) in [6.07, 6.45) is 12.6. The maximum Gasteiger partial charge on any atom is 0.231 e. The first-order valence-corrected chi connectivity index (χ1v) is 9.57. The van der Waals surface area contributed by atoms with Crippen LogP contribution in [0.5, 0.6) is 0 Å². The van der Waals surface area contributed by atoms with E-state index in [1.54, 1.807) is 24.7 Å². The zero-order valence-electron chi connectivity index (χ0n) is 15.1. The quantitative estimate of drug-likeness (QED) is 0.671. The van der Waals surface area contributed by atoms with Crippen LogP contribution in [0.25, 0.3) is 6.08 Å². The summed E-state index contributed by atoms with van der Waals surface area (Å²) in [7, 11) is 0. The first-order valence-electron chi connectivity index (χ1n) is 9.57. The average molecular weight is 361 g/mol. The molecule has 2 fully saturated rings. The molecule has 5 heteroatoms. The number of piperidine rings is 1. The molecule has 2 aromatic heterocycles. The minimum Gasteiger partial charge on any atom is -0.352 e. The van der Waals surface area contributed by atoms with E-state index in [1.165, 1.54) is 6.08 Å². The van der Waals surface area contributed by atoms with Crippen molar-refractivity contribution in [3.05, 3.63) is 66.3 Å². The molecule has 1 aliphatic heterocycles. The largest absolute Gasteiger partial charge is 0.352 e. The molecule has 27 heavy (non-hydrogen) atoms. The number of hydrogen-bond donors (Lipinski definition) is 1. The molecule has 0 bridgehead atoms. The maximum absolute atomic E-state index is 13.0. The van der Waals surface area contributed by atoms with Crippen LogP contribution in [-0.2, 0) is 9.59 Å². The number of allylic oxidation sites excluding steroid dienone is 1. The topological polar surface area (TPSA) is 72.0 Å². The van der Waals surface area contributed by atoms with Crippen LogP contribution in [0.4, 0.5) is 0 Å². The van der Waals surface area contributed by atoms with E-state index in [0.29, 0.717) is 0 Å². The number of pyridine rings is 2. The molecule has 0 spiro atoms. The molecule has 1 amide bonds. The Morgan fingerprint density at radius 3 is 2.78 bits per heavy atom. The molecule has 1 saturated heterocycles. The fraction of sp³-hybridized carbons (Fsp3) is 0.364. The Balaban J connectivity index is 1.66. The third-order valence-corrected chi connectivity index (χ3v) is 5.71. The molecule has 1 saturated carbocycles. The van der Waals surface area contributed by atoms with Gasteiger partial charge >= 0.3 is 0 Å². The number of aromatic nitrogens is 2. The van der Waals surface area contributed by atoms with Crippen molar-refractivity contribution in [2.24, 2.45) is 11.8 Å². The van der Waals surface area contributed by atoms with Gasteiger partial charge in [0.15, 0.2) is 5.78 Å². The van der Waals surface area contributed by atoms with E-state index < -0.39 is 5.92 Å². The zero-order valence-corrected chi connectivity index (χ0v) is 15.1. The Kier molecular flexibility index (Phi) is 5.10. The Hall–Kier alpha value is -2.82. The summed E-state index contributed by atoms with van der Waals surface area (Å²) in [5, 5.41) is 3.11. The molecule has 0 radical (unpaired) electrons. The SMILES string of the molecule is O=C(/C=C/c1cccnc1)C1C(=O)NC2CCCCC2C1c1ccccn1. The minimum atomic E-state index is -0.729. The number of nitrogens with one attached hydrogen (secondary N) is 1. The van der Waals surface area contributed by atoms with Gasteiger partial charge in [-0.3, -0.25) is 19.6 Å². The highest BCUT2D eigenvalue weighted by Crippen LogP contribution is 2.43. The van der Waals surface area contributed by atoms with Crippen molar-refractivity contribution < 1.29 is 9.59 Å². The van der Waals surface area contributed by atoms with Gasteiger partial charge < -0.3 is 5.32 Å². The average Bonchev–Trinajstić information content (AvgIpc) is 2.72. The molecule has 3 heterocycles. The fourth-order valence-electron chi connectivity index (χ4n) is 4.48. The maximum atomic E-state index is 13.0. The lowest BCUT2D eigenvalue weighted by Crippen LogP contribution is -2.56. The zero-order chi connectivity index (χ0) is 18.6. The van der Waals surface area contributed by atoms with Crippen LogP contribution < -0.4 is 5.32 Å². The molecule has 4 unspecified atom stereocenters. The second kappa shape index (κ2) is 7.82. The fourth-order valence-corrected chi connectivity index (χ4v) is 4.48. The second-order valence-corrected chi connectivity index (χ2v) is 7.34. The highest BCUT2D eigenvalue weighted by Gasteiger charge is 2.48. The summed E-state index contributed by atoms with van der Waals surface area (Å²) in [5.41, 5.74) is 1.68. The highest BCUT2D eigenvalue weighted by atomic mass is 16.2. The lowest BCUT2D eigenvalue weighted by atomic mass is 9.66. The highest BCUT2D eigenvalue weighted by molar-refractivity contribution is 6.09. The van der Waals surface area contributed by atoms with Gasteiger partial charge in [0.25, 0.3) is 0 Å². The van der Waals surface area contributed by atoms with Gasteiger partial charge in [-0.1, -0.05) is 25.0 Å². The van der Waals surface area contributed by atoms with E-state index >= 15 is 0 Å². The van der Waals surface area contributed by atoms with Crippen LogP contribution in [0.1, 0.15) is 42.9 Å². The van der Waals surface area contributed by atoms with Crippen molar-refractivity contribution >= 4 is 17.8 Å². The first kappa shape index (κ1) is 17.6. The number of nitrogens with zero attached hydrogens (tertiary/aromatic N) is 2. The number of hydrogen-bond acceptors (Lipinski definition) is 4. The predicted molar refractivity (Wildman–Crippen MR) is 103 cm³/mol. The number of fused-ring (bicyclic) bond motifs is 1. The summed E-state index contributed by atoms with van der Waals surface area (Å²) in [5.74, 6) is -0.985. The van der Waals surface area contributed by atoms with Crippen LogP contribution in [0, 0.1) is 11.8 Å². The Morgan fingerprint density at radius 2 is 2.00 bits per heavy atom. The van der Waals surface area contributed by atoms with Gasteiger partial charge in [-0.05, 0) is 54.7 Å². The third kappa shape index (κ3) is 3.68. The van der Waals surface area contributed by atoms with Gasteiger partial charge in [0, 0.05) is 36.2 Å². The third-order valence-electron chi connectivity index (χ3n) is 5.71. The van der Waals surface area contributed by atoms with Crippen molar-refractivity contribution in [3.63, 3.8) is 0 Å². The van der Waals surface area contributed by atoms with Gasteiger partial charge in [0.1, 0.15) is 5.92 Å². The molecule has 1 aliphatic carbocycles. The number of carbonyl (C=O) groups is 2. The van der Waals surface area contributed by atoms with Gasteiger partial charge in [0.05, 0.1) is 0 Å². The van der Waals surface area contributed by atoms with Crippen molar-refractivity contribution in [3.8, 4) is 0 Å². The summed E-state index contributed by atoms with van der Waals surface area (Å²) in [6.45, 7) is 0. The first-order chi connectivity index (χ1) is 13.2. The van der Waals surface area contributed by atoms with E-state index in [-0.39, 0.29) is 29.6 Å². The standard InChI is InChI=1S/C22H23N3O2/c26-19(11-10-15-6-5-12-23-14-15)21-20(18-9-3-4-13-24-18)16-7-1-2-8-17(16)25-22(21)27/h3-6,9-14,16-17,20-21H,1-2,7-8H2,(H,25,27)/b11-10+. The van der Waals surface area contributed by atoms with Gasteiger partial charge in [-0.15, -0.1) is 0 Å². The molecule has 4 atom stereocenters. The van der Waals surface area contributed by atoms with Crippen LogP contribution in [-0.4, -0.2) is 27.7 Å². The van der Waals surface area contributed by atoms with Crippen LogP contribution in [0.3, 0.4) is 0 Å². The van der Waals surface area contributed by atoms with Crippen LogP contribution in [0.2, 0.25) is 0 Å². The van der Waals surface area contributed by atoms with Gasteiger partial charge in [-0.25, -0.2) is 0 Å². The van der Waals surface area contributed by atoms with Gasteiger partial charge in [0.2, 0.25) is 5.91 Å². The molecular weight excluding hydrogens is 338 g/mol. The molecule has 138 valence electrons. The lowest BCUT2D eigenvalue weighted by Gasteiger charge is -2.44. The minimum absolute atomic E-state index is 0.143. The molecule has 2 aliphatic rings. The Bertz CT molecular complexity index is 835. The number of ketones is 1. The Morgan fingerprint density at radius 1 is 1.11 bits per heavy atom. The molecule has 4 rings (SSSR count). The van der Waals surface area contributed by atoms with Crippen molar-refractivity contribution in [1.29, 1.82) is 0 Å². The summed E-state index contributed by atoms with van der Waals surface area (Å²) in [4.78, 5) is 34.5. The smallest absolute Gasteiger partial charge is 0.231 e. The van der Waals surface area contributed by atoms with Crippen LogP contribution in [0.15, 0.2) is 55.0 Å². The monoisotopic (exact) mass is 361 g/mol. The number of rotatable bonds is 4. The Labute approximate surface area is 158 Å². The normalized spacial score (nSPS) is 27.8. The van der Waals surface area contributed by atoms with E-state index in [9.17, 15) is 9.59 Å². The predicted octanol–water partition coefficient (Wildman–Crippen LogP) is 3.15. The lowest BCUT2D eigenvalue weighted by molar-refractivity contribution is -0.137. The number of amides is 1. The van der Waals surface area contributed by atoms with Crippen molar-refractivity contribution in [2.45, 2.75) is 37.6 Å². The molecule has 0 aromatic carbocycles. The summed E-state index contributed by atoms with van der Waals surface area (Å²) in [6, 6.07) is 9.58. The van der Waals surface area contributed by atoms with Crippen molar-refractivity contribution in [1.82, 2.24) is 15.3 Å². The second-order valence-electron chi connectivity index (χ2n) is 7.34. The number of carbonyl (C=O) groups excluding carboxylic acids is 2. The molecular formula is C22H23N3O2. The van der Waals surface area contributed by atoms with E-state index in [0.717, 1.165) is 36.9 Å². The van der Waals surface area contributed by atoms with E-state index in [1.807, 2.05) is 30.3 Å². The summed E-state index contributed by atoms with van der Waals surface area (Å²) >= 11 is 0. The summed E-state index contributed by atoms with van der Waals surface area (Å²) < 4.78 is 0. The van der Waals surface area contributed by atoms with Gasteiger partial charge in [-0.2, -0.15) is 0 Å².